The molecule has 0 saturated carbocycles. The average molecular weight is 329 g/mol. The number of carbonyl (C=O) groups is 2. The number of hydrogen-bond donors (Lipinski definition) is 2. The Kier molecular flexibility index (Phi) is 4.86. The van der Waals surface area contributed by atoms with E-state index in [4.69, 9.17) is 0 Å². The first-order valence-electron chi connectivity index (χ1n) is 6.13. The van der Waals surface area contributed by atoms with Crippen molar-refractivity contribution in [2.75, 3.05) is 11.6 Å². The van der Waals surface area contributed by atoms with Crippen molar-refractivity contribution in [3.8, 4) is 0 Å². The van der Waals surface area contributed by atoms with Gasteiger partial charge in [0.2, 0.25) is 5.91 Å². The molecule has 0 radical (unpaired) electrons. The zero-order valence-corrected chi connectivity index (χ0v) is 12.9. The van der Waals surface area contributed by atoms with E-state index >= 15 is 0 Å². The molecule has 1 aromatic rings. The van der Waals surface area contributed by atoms with Crippen molar-refractivity contribution in [2.24, 2.45) is 0 Å². The lowest BCUT2D eigenvalue weighted by Gasteiger charge is -2.21. The molecule has 1 aliphatic rings. The van der Waals surface area contributed by atoms with Crippen molar-refractivity contribution in [1.29, 1.82) is 0 Å². The Labute approximate surface area is 127 Å². The quantitative estimate of drug-likeness (QED) is 0.753. The number of sulfonamides is 1. The molecular weight excluding hydrogens is 314 g/mol. The van der Waals surface area contributed by atoms with E-state index in [0.29, 0.717) is 11.6 Å². The van der Waals surface area contributed by atoms with E-state index in [1.807, 2.05) is 4.83 Å². The van der Waals surface area contributed by atoms with Crippen LogP contribution in [-0.4, -0.2) is 42.8 Å². The monoisotopic (exact) mass is 329 g/mol. The van der Waals surface area contributed by atoms with Crippen molar-refractivity contribution in [2.45, 2.75) is 17.9 Å². The molecule has 0 spiro atoms. The van der Waals surface area contributed by atoms with Crippen molar-refractivity contribution in [3.63, 3.8) is 0 Å². The van der Waals surface area contributed by atoms with Crippen molar-refractivity contribution in [3.05, 3.63) is 30.3 Å². The summed E-state index contributed by atoms with van der Waals surface area (Å²) in [5.41, 5.74) is 2.16. The second-order valence-electron chi connectivity index (χ2n) is 4.41. The van der Waals surface area contributed by atoms with Gasteiger partial charge in [0.15, 0.2) is 0 Å². The van der Waals surface area contributed by atoms with E-state index in [2.05, 4.69) is 5.43 Å². The Morgan fingerprint density at radius 2 is 1.95 bits per heavy atom. The molecule has 0 aromatic heterocycles. The molecule has 7 nitrogen and oxygen atoms in total. The minimum Gasteiger partial charge on any atom is -0.321 e. The minimum atomic E-state index is -3.81. The summed E-state index contributed by atoms with van der Waals surface area (Å²) in [7, 11) is -3.81. The summed E-state index contributed by atoms with van der Waals surface area (Å²) < 4.78 is 23.9. The molecule has 0 bridgehead atoms. The first-order chi connectivity index (χ1) is 9.92. The lowest BCUT2D eigenvalue weighted by atomic mass is 10.3. The van der Waals surface area contributed by atoms with Gasteiger partial charge in [0, 0.05) is 12.7 Å². The van der Waals surface area contributed by atoms with Gasteiger partial charge in [-0.15, -0.1) is 16.6 Å². The number of thioether (sulfide) groups is 1. The zero-order valence-electron chi connectivity index (χ0n) is 11.3. The van der Waals surface area contributed by atoms with Gasteiger partial charge in [-0.25, -0.2) is 8.42 Å². The number of nitrogens with one attached hydrogen (secondary N) is 2. The predicted molar refractivity (Wildman–Crippen MR) is 78.5 cm³/mol. The van der Waals surface area contributed by atoms with Gasteiger partial charge >= 0.3 is 0 Å². The Bertz CT molecular complexity index is 633. The molecule has 1 atom stereocenters. The summed E-state index contributed by atoms with van der Waals surface area (Å²) in [4.78, 5) is 26.9. The van der Waals surface area contributed by atoms with E-state index in [0.717, 1.165) is 0 Å². The molecule has 0 unspecified atom stereocenters. The zero-order chi connectivity index (χ0) is 15.5. The fourth-order valence-electron chi connectivity index (χ4n) is 1.83. The summed E-state index contributed by atoms with van der Waals surface area (Å²) in [5, 5.41) is 0. The third-order valence-electron chi connectivity index (χ3n) is 2.95. The Balaban J connectivity index is 2.00. The summed E-state index contributed by atoms with van der Waals surface area (Å²) in [6, 6.07) is 7.04. The normalized spacial score (nSPS) is 18.5. The topological polar surface area (TPSA) is 95.6 Å². The summed E-state index contributed by atoms with van der Waals surface area (Å²) in [5.74, 6) is 0.109. The van der Waals surface area contributed by atoms with E-state index in [-0.39, 0.29) is 10.8 Å². The number of rotatable bonds is 4. The van der Waals surface area contributed by atoms with Gasteiger partial charge in [-0.05, 0) is 12.1 Å². The minimum absolute atomic E-state index is 0.0505. The van der Waals surface area contributed by atoms with Crippen LogP contribution >= 0.6 is 11.8 Å². The Morgan fingerprint density at radius 3 is 2.57 bits per heavy atom. The number of hydrogen-bond acceptors (Lipinski definition) is 5. The lowest BCUT2D eigenvalue weighted by Crippen LogP contribution is -2.52. The molecule has 2 N–H and O–H groups in total. The molecule has 2 rings (SSSR count). The Hall–Kier alpha value is -1.58. The third-order valence-corrected chi connectivity index (χ3v) is 5.23. The van der Waals surface area contributed by atoms with Crippen molar-refractivity contribution in [1.82, 2.24) is 15.2 Å². The van der Waals surface area contributed by atoms with Crippen LogP contribution in [0.2, 0.25) is 0 Å². The second-order valence-corrected chi connectivity index (χ2v) is 7.09. The van der Waals surface area contributed by atoms with Gasteiger partial charge < -0.3 is 4.90 Å². The second kappa shape index (κ2) is 6.46. The first kappa shape index (κ1) is 15.8. The van der Waals surface area contributed by atoms with Crippen LogP contribution in [0.25, 0.3) is 0 Å². The molecular formula is C12H15N3O4S2. The maximum atomic E-state index is 12.0. The largest absolute Gasteiger partial charge is 0.321 e. The maximum absolute atomic E-state index is 12.0. The number of hydrazine groups is 1. The molecule has 1 aliphatic heterocycles. The highest BCUT2D eigenvalue weighted by atomic mass is 32.2. The van der Waals surface area contributed by atoms with Gasteiger partial charge in [-0.1, -0.05) is 18.2 Å². The molecule has 114 valence electrons. The van der Waals surface area contributed by atoms with Gasteiger partial charge in [0.1, 0.15) is 6.04 Å². The van der Waals surface area contributed by atoms with Crippen LogP contribution in [0.1, 0.15) is 6.92 Å². The van der Waals surface area contributed by atoms with Crippen LogP contribution in [0.15, 0.2) is 35.2 Å². The number of benzene rings is 1. The molecule has 1 heterocycles. The van der Waals surface area contributed by atoms with Gasteiger partial charge in [0.05, 0.1) is 10.8 Å². The van der Waals surface area contributed by atoms with Crippen molar-refractivity contribution < 1.29 is 18.0 Å². The fourth-order valence-corrected chi connectivity index (χ4v) is 3.92. The highest BCUT2D eigenvalue weighted by molar-refractivity contribution is 7.99. The van der Waals surface area contributed by atoms with E-state index in [9.17, 15) is 18.0 Å². The highest BCUT2D eigenvalue weighted by Crippen LogP contribution is 2.20. The van der Waals surface area contributed by atoms with Crippen LogP contribution in [-0.2, 0) is 19.6 Å². The SMILES string of the molecule is CC(=O)N1CSC[C@@H]1C(=O)NNS(=O)(=O)c1ccccc1. The van der Waals surface area contributed by atoms with Gasteiger partial charge in [0.25, 0.3) is 15.9 Å². The number of carbonyl (C=O) groups excluding carboxylic acids is 2. The standard InChI is InChI=1S/C12H15N3O4S2/c1-9(16)15-8-20-7-11(15)12(17)13-14-21(18,19)10-5-3-2-4-6-10/h2-6,11,14H,7-8H2,1H3,(H,13,17)/t11-/m1/s1. The van der Waals surface area contributed by atoms with Crippen LogP contribution < -0.4 is 10.3 Å². The predicted octanol–water partition coefficient (Wildman–Crippen LogP) is -0.0825. The smallest absolute Gasteiger partial charge is 0.258 e. The molecule has 21 heavy (non-hydrogen) atoms. The van der Waals surface area contributed by atoms with Gasteiger partial charge in [-0.2, -0.15) is 0 Å². The average Bonchev–Trinajstić information content (AvgIpc) is 2.95. The molecule has 1 aromatic carbocycles. The van der Waals surface area contributed by atoms with Crippen LogP contribution in [0.3, 0.4) is 0 Å². The first-order valence-corrected chi connectivity index (χ1v) is 8.77. The van der Waals surface area contributed by atoms with Gasteiger partial charge in [-0.3, -0.25) is 15.0 Å². The summed E-state index contributed by atoms with van der Waals surface area (Å²) >= 11 is 1.44. The molecule has 9 heteroatoms. The summed E-state index contributed by atoms with van der Waals surface area (Å²) in [6.45, 7) is 1.38. The molecule has 2 amide bonds. The maximum Gasteiger partial charge on any atom is 0.258 e. The molecule has 1 saturated heterocycles. The molecule has 0 aliphatic carbocycles. The highest BCUT2D eigenvalue weighted by Gasteiger charge is 2.33. The van der Waals surface area contributed by atoms with Crippen LogP contribution in [0.4, 0.5) is 0 Å². The number of nitrogens with zero attached hydrogens (tertiary/aromatic N) is 1. The molecule has 1 fully saturated rings. The van der Waals surface area contributed by atoms with Crippen LogP contribution in [0.5, 0.6) is 0 Å². The summed E-state index contributed by atoms with van der Waals surface area (Å²) in [6.07, 6.45) is 0. The van der Waals surface area contributed by atoms with Crippen molar-refractivity contribution >= 4 is 33.6 Å². The Morgan fingerprint density at radius 1 is 1.29 bits per heavy atom. The van der Waals surface area contributed by atoms with Crippen LogP contribution in [0, 0.1) is 0 Å². The van der Waals surface area contributed by atoms with E-state index in [1.54, 1.807) is 18.2 Å². The van der Waals surface area contributed by atoms with E-state index < -0.39 is 22.0 Å². The lowest BCUT2D eigenvalue weighted by molar-refractivity contribution is -0.136. The third kappa shape index (κ3) is 3.74. The number of amides is 2. The fraction of sp³-hybridized carbons (Fsp3) is 0.333. The van der Waals surface area contributed by atoms with E-state index in [1.165, 1.54) is 35.7 Å².